The number of halogens is 1. The molecule has 0 spiro atoms. The van der Waals surface area contributed by atoms with Gasteiger partial charge < -0.3 is 10.8 Å². The first-order valence-electron chi connectivity index (χ1n) is 5.33. The van der Waals surface area contributed by atoms with Crippen LogP contribution in [0.3, 0.4) is 0 Å². The fourth-order valence-electron chi connectivity index (χ4n) is 1.16. The second kappa shape index (κ2) is 5.21. The molecule has 0 fully saturated rings. The molecule has 1 aromatic carbocycles. The van der Waals surface area contributed by atoms with Gasteiger partial charge in [0.1, 0.15) is 10.7 Å². The molecule has 0 bridgehead atoms. The quantitative estimate of drug-likeness (QED) is 0.690. The summed E-state index contributed by atoms with van der Waals surface area (Å²) >= 11 is 0. The van der Waals surface area contributed by atoms with Gasteiger partial charge in [0.05, 0.1) is 0 Å². The Balaban J connectivity index is 2.94. The van der Waals surface area contributed by atoms with Crippen LogP contribution in [0.5, 0.6) is 0 Å². The topological polar surface area (TPSA) is 92.4 Å². The van der Waals surface area contributed by atoms with Crippen LogP contribution in [0.1, 0.15) is 13.8 Å². The minimum Gasteiger partial charge on any atom is -0.399 e. The number of rotatable bonds is 5. The second-order valence-corrected chi connectivity index (χ2v) is 6.57. The number of benzene rings is 1. The zero-order valence-electron chi connectivity index (χ0n) is 10.3. The summed E-state index contributed by atoms with van der Waals surface area (Å²) in [6, 6.07) is 3.37. The maximum Gasteiger partial charge on any atom is 0.243 e. The van der Waals surface area contributed by atoms with E-state index < -0.39 is 26.2 Å². The zero-order chi connectivity index (χ0) is 14.0. The molecule has 1 rings (SSSR count). The lowest BCUT2D eigenvalue weighted by Gasteiger charge is -2.21. The van der Waals surface area contributed by atoms with E-state index in [2.05, 4.69) is 4.72 Å². The maximum atomic E-state index is 13.5. The van der Waals surface area contributed by atoms with Gasteiger partial charge in [-0.15, -0.1) is 0 Å². The molecule has 0 aromatic heterocycles. The Hall–Kier alpha value is -1.18. The highest BCUT2D eigenvalue weighted by molar-refractivity contribution is 7.89. The van der Waals surface area contributed by atoms with Gasteiger partial charge in [-0.1, -0.05) is 13.8 Å². The highest BCUT2D eigenvalue weighted by atomic mass is 32.2. The Labute approximate surface area is 106 Å². The third-order valence-corrected chi connectivity index (χ3v) is 3.85. The highest BCUT2D eigenvalue weighted by Crippen LogP contribution is 2.18. The highest BCUT2D eigenvalue weighted by Gasteiger charge is 2.23. The van der Waals surface area contributed by atoms with Gasteiger partial charge in [0.2, 0.25) is 10.0 Å². The average molecular weight is 276 g/mol. The van der Waals surface area contributed by atoms with E-state index in [0.29, 0.717) is 0 Å². The number of aliphatic hydroxyl groups excluding tert-OH is 1. The molecule has 5 nitrogen and oxygen atoms in total. The van der Waals surface area contributed by atoms with Crippen molar-refractivity contribution in [2.75, 3.05) is 18.9 Å². The van der Waals surface area contributed by atoms with Gasteiger partial charge in [-0.3, -0.25) is 0 Å². The summed E-state index contributed by atoms with van der Waals surface area (Å²) in [6.07, 6.45) is 0. The van der Waals surface area contributed by atoms with Gasteiger partial charge in [0, 0.05) is 24.3 Å². The van der Waals surface area contributed by atoms with Crippen LogP contribution >= 0.6 is 0 Å². The van der Waals surface area contributed by atoms with Gasteiger partial charge in [-0.25, -0.2) is 17.5 Å². The molecule has 0 saturated heterocycles. The lowest BCUT2D eigenvalue weighted by atomic mass is 9.96. The Morgan fingerprint density at radius 2 is 2.06 bits per heavy atom. The molecule has 0 unspecified atom stereocenters. The van der Waals surface area contributed by atoms with Crippen LogP contribution in [0.15, 0.2) is 23.1 Å². The van der Waals surface area contributed by atoms with E-state index in [-0.39, 0.29) is 18.8 Å². The van der Waals surface area contributed by atoms with E-state index in [9.17, 15) is 12.8 Å². The number of aliphatic hydroxyl groups is 1. The number of hydrogen-bond acceptors (Lipinski definition) is 4. The Morgan fingerprint density at radius 3 is 2.56 bits per heavy atom. The van der Waals surface area contributed by atoms with E-state index in [1.807, 2.05) is 0 Å². The van der Waals surface area contributed by atoms with Crippen molar-refractivity contribution in [3.63, 3.8) is 0 Å². The van der Waals surface area contributed by atoms with E-state index in [0.717, 1.165) is 12.1 Å². The van der Waals surface area contributed by atoms with Crippen molar-refractivity contribution < 1.29 is 17.9 Å². The minimum absolute atomic E-state index is 0.00957. The molecule has 0 heterocycles. The monoisotopic (exact) mass is 276 g/mol. The van der Waals surface area contributed by atoms with Crippen molar-refractivity contribution >= 4 is 15.7 Å². The molecular formula is C11H17FN2O3S. The Kier molecular flexibility index (Phi) is 4.31. The number of nitrogen functional groups attached to an aromatic ring is 1. The standard InChI is InChI=1S/C11H17FN2O3S/c1-11(2,7-15)6-14-18(16,17)10-4-3-8(13)5-9(10)12/h3-5,14-15H,6-7,13H2,1-2H3. The molecule has 1 aromatic rings. The van der Waals surface area contributed by atoms with Crippen molar-refractivity contribution in [2.24, 2.45) is 5.41 Å². The van der Waals surface area contributed by atoms with Gasteiger partial charge >= 0.3 is 0 Å². The van der Waals surface area contributed by atoms with Crippen LogP contribution < -0.4 is 10.5 Å². The van der Waals surface area contributed by atoms with Crippen LogP contribution in [0.2, 0.25) is 0 Å². The first-order chi connectivity index (χ1) is 8.18. The molecule has 0 saturated carbocycles. The molecule has 102 valence electrons. The Morgan fingerprint density at radius 1 is 1.44 bits per heavy atom. The summed E-state index contributed by atoms with van der Waals surface area (Å²) in [7, 11) is -3.94. The van der Waals surface area contributed by atoms with Gasteiger partial charge in [-0.2, -0.15) is 0 Å². The number of sulfonamides is 1. The second-order valence-electron chi connectivity index (χ2n) is 4.84. The molecule has 0 aliphatic heterocycles. The van der Waals surface area contributed by atoms with Gasteiger partial charge in [0.15, 0.2) is 0 Å². The van der Waals surface area contributed by atoms with E-state index in [4.69, 9.17) is 10.8 Å². The summed E-state index contributed by atoms with van der Waals surface area (Å²) in [5.74, 6) is -0.899. The van der Waals surface area contributed by atoms with Gasteiger partial charge in [-0.05, 0) is 18.2 Å². The first-order valence-corrected chi connectivity index (χ1v) is 6.82. The predicted molar refractivity (Wildman–Crippen MR) is 66.9 cm³/mol. The van der Waals surface area contributed by atoms with Crippen molar-refractivity contribution in [3.05, 3.63) is 24.0 Å². The fourth-order valence-corrected chi connectivity index (χ4v) is 2.46. The number of hydrogen-bond donors (Lipinski definition) is 3. The van der Waals surface area contributed by atoms with Crippen LogP contribution in [0.25, 0.3) is 0 Å². The Bertz CT molecular complexity index is 529. The van der Waals surface area contributed by atoms with Crippen molar-refractivity contribution in [3.8, 4) is 0 Å². The number of nitrogens with two attached hydrogens (primary N) is 1. The smallest absolute Gasteiger partial charge is 0.243 e. The van der Waals surface area contributed by atoms with Crippen molar-refractivity contribution in [1.29, 1.82) is 0 Å². The maximum absolute atomic E-state index is 13.5. The molecule has 7 heteroatoms. The summed E-state index contributed by atoms with van der Waals surface area (Å²) < 4.78 is 39.5. The van der Waals surface area contributed by atoms with Crippen LogP contribution in [0, 0.1) is 11.2 Å². The molecule has 4 N–H and O–H groups in total. The summed E-state index contributed by atoms with van der Waals surface area (Å²) in [5.41, 5.74) is 4.89. The first kappa shape index (κ1) is 14.9. The summed E-state index contributed by atoms with van der Waals surface area (Å²) in [5, 5.41) is 9.03. The van der Waals surface area contributed by atoms with Crippen LogP contribution in [-0.4, -0.2) is 26.7 Å². The zero-order valence-corrected chi connectivity index (χ0v) is 11.1. The van der Waals surface area contributed by atoms with E-state index >= 15 is 0 Å². The molecule has 0 radical (unpaired) electrons. The molecule has 0 aliphatic rings. The summed E-state index contributed by atoms with van der Waals surface area (Å²) in [4.78, 5) is -0.453. The third kappa shape index (κ3) is 3.66. The molecule has 18 heavy (non-hydrogen) atoms. The lowest BCUT2D eigenvalue weighted by Crippen LogP contribution is -2.36. The predicted octanol–water partition coefficient (Wildman–Crippen LogP) is 0.705. The molecular weight excluding hydrogens is 259 g/mol. The van der Waals surface area contributed by atoms with Crippen LogP contribution in [-0.2, 0) is 10.0 Å². The average Bonchev–Trinajstić information content (AvgIpc) is 2.26. The van der Waals surface area contributed by atoms with Crippen molar-refractivity contribution in [2.45, 2.75) is 18.7 Å². The number of anilines is 1. The molecule has 0 aliphatic carbocycles. The van der Waals surface area contributed by atoms with E-state index in [1.54, 1.807) is 13.8 Å². The summed E-state index contributed by atoms with van der Waals surface area (Å²) in [6.45, 7) is 3.21. The fraction of sp³-hybridized carbons (Fsp3) is 0.455. The van der Waals surface area contributed by atoms with Crippen LogP contribution in [0.4, 0.5) is 10.1 Å². The molecule has 0 amide bonds. The van der Waals surface area contributed by atoms with E-state index in [1.165, 1.54) is 6.07 Å². The third-order valence-electron chi connectivity index (χ3n) is 2.41. The number of nitrogens with one attached hydrogen (secondary N) is 1. The minimum atomic E-state index is -3.94. The van der Waals surface area contributed by atoms with Crippen molar-refractivity contribution in [1.82, 2.24) is 4.72 Å². The lowest BCUT2D eigenvalue weighted by molar-refractivity contribution is 0.163. The normalized spacial score (nSPS) is 12.7. The SMILES string of the molecule is CC(C)(CO)CNS(=O)(=O)c1ccc(N)cc1F. The molecule has 0 atom stereocenters. The largest absolute Gasteiger partial charge is 0.399 e. The van der Waals surface area contributed by atoms with Gasteiger partial charge in [0.25, 0.3) is 0 Å².